The van der Waals surface area contributed by atoms with Crippen molar-refractivity contribution >= 4 is 11.9 Å². The van der Waals surface area contributed by atoms with Gasteiger partial charge in [-0.15, -0.1) is 0 Å². The summed E-state index contributed by atoms with van der Waals surface area (Å²) >= 11 is 0. The first-order valence-electron chi connectivity index (χ1n) is 8.09. The van der Waals surface area contributed by atoms with Crippen LogP contribution in [-0.4, -0.2) is 46.8 Å². The monoisotopic (exact) mass is 327 g/mol. The van der Waals surface area contributed by atoms with Gasteiger partial charge in [0.05, 0.1) is 36.2 Å². The summed E-state index contributed by atoms with van der Waals surface area (Å²) in [7, 11) is 1.40. The normalized spacial score (nSPS) is 15.3. The summed E-state index contributed by atoms with van der Waals surface area (Å²) in [5.74, 6) is -0.319. The van der Waals surface area contributed by atoms with Crippen LogP contribution in [0.25, 0.3) is 5.69 Å². The number of carbonyl (C=O) groups is 2. The zero-order valence-corrected chi connectivity index (χ0v) is 13.9. The van der Waals surface area contributed by atoms with E-state index in [9.17, 15) is 9.59 Å². The molecule has 2 heterocycles. The van der Waals surface area contributed by atoms with Gasteiger partial charge in [-0.3, -0.25) is 9.59 Å². The van der Waals surface area contributed by atoms with E-state index in [0.29, 0.717) is 31.5 Å². The molecule has 1 aliphatic rings. The number of benzene rings is 1. The van der Waals surface area contributed by atoms with Crippen LogP contribution in [0, 0.1) is 12.8 Å². The van der Waals surface area contributed by atoms with Gasteiger partial charge in [-0.1, -0.05) is 18.2 Å². The van der Waals surface area contributed by atoms with Crippen molar-refractivity contribution in [3.63, 3.8) is 0 Å². The lowest BCUT2D eigenvalue weighted by Gasteiger charge is -2.30. The summed E-state index contributed by atoms with van der Waals surface area (Å²) in [5, 5.41) is 4.35. The van der Waals surface area contributed by atoms with Crippen molar-refractivity contribution < 1.29 is 14.3 Å². The maximum absolute atomic E-state index is 12.8. The van der Waals surface area contributed by atoms with Crippen molar-refractivity contribution in [1.82, 2.24) is 14.7 Å². The van der Waals surface area contributed by atoms with Crippen molar-refractivity contribution in [2.75, 3.05) is 20.2 Å². The van der Waals surface area contributed by atoms with Crippen LogP contribution in [0.4, 0.5) is 0 Å². The fourth-order valence-electron chi connectivity index (χ4n) is 3.10. The van der Waals surface area contributed by atoms with E-state index < -0.39 is 0 Å². The van der Waals surface area contributed by atoms with Crippen LogP contribution >= 0.6 is 0 Å². The standard InChI is InChI=1S/C18H21N3O3/c1-13-16(12-19-21(13)15-6-4-3-5-7-15)17(22)20-10-8-14(9-11-20)18(23)24-2/h3-7,12,14H,8-11H2,1-2H3. The molecular formula is C18H21N3O3. The number of esters is 1. The first kappa shape index (κ1) is 16.2. The Labute approximate surface area is 141 Å². The van der Waals surface area contributed by atoms with E-state index in [0.717, 1.165) is 11.4 Å². The lowest BCUT2D eigenvalue weighted by Crippen LogP contribution is -2.40. The number of amides is 1. The van der Waals surface area contributed by atoms with Gasteiger partial charge in [-0.25, -0.2) is 4.68 Å². The molecule has 1 saturated heterocycles. The molecule has 2 aromatic rings. The average molecular weight is 327 g/mol. The third-order valence-corrected chi connectivity index (χ3v) is 4.56. The molecule has 1 amide bonds. The van der Waals surface area contributed by atoms with Gasteiger partial charge < -0.3 is 9.64 Å². The molecule has 1 aliphatic heterocycles. The third kappa shape index (κ3) is 3.04. The first-order valence-corrected chi connectivity index (χ1v) is 8.09. The van der Waals surface area contributed by atoms with Gasteiger partial charge >= 0.3 is 5.97 Å². The Hall–Kier alpha value is -2.63. The van der Waals surface area contributed by atoms with E-state index >= 15 is 0 Å². The molecule has 0 bridgehead atoms. The lowest BCUT2D eigenvalue weighted by molar-refractivity contribution is -0.146. The number of hydrogen-bond acceptors (Lipinski definition) is 4. The second kappa shape index (κ2) is 6.86. The maximum Gasteiger partial charge on any atom is 0.308 e. The molecule has 126 valence electrons. The topological polar surface area (TPSA) is 64.4 Å². The fourth-order valence-corrected chi connectivity index (χ4v) is 3.10. The lowest BCUT2D eigenvalue weighted by atomic mass is 9.96. The molecule has 6 nitrogen and oxygen atoms in total. The molecule has 0 aliphatic carbocycles. The zero-order valence-electron chi connectivity index (χ0n) is 13.9. The Morgan fingerprint density at radius 1 is 1.17 bits per heavy atom. The number of ether oxygens (including phenoxy) is 1. The van der Waals surface area contributed by atoms with Gasteiger partial charge in [0.1, 0.15) is 0 Å². The Morgan fingerprint density at radius 3 is 2.46 bits per heavy atom. The average Bonchev–Trinajstić information content (AvgIpc) is 3.02. The number of hydrogen-bond donors (Lipinski definition) is 0. The quantitative estimate of drug-likeness (QED) is 0.811. The second-order valence-electron chi connectivity index (χ2n) is 5.98. The summed E-state index contributed by atoms with van der Waals surface area (Å²) < 4.78 is 6.56. The number of aromatic nitrogens is 2. The molecule has 0 spiro atoms. The predicted molar refractivity (Wildman–Crippen MR) is 88.9 cm³/mol. The fraction of sp³-hybridized carbons (Fsp3) is 0.389. The Kier molecular flexibility index (Phi) is 4.64. The Bertz CT molecular complexity index is 731. The number of rotatable bonds is 3. The van der Waals surface area contributed by atoms with Crippen LogP contribution in [0.3, 0.4) is 0 Å². The van der Waals surface area contributed by atoms with Crippen LogP contribution in [0.1, 0.15) is 28.9 Å². The van der Waals surface area contributed by atoms with Gasteiger partial charge in [-0.2, -0.15) is 5.10 Å². The predicted octanol–water partition coefficient (Wildman–Crippen LogP) is 2.21. The largest absolute Gasteiger partial charge is 0.469 e. The van der Waals surface area contributed by atoms with Crippen molar-refractivity contribution in [3.05, 3.63) is 47.8 Å². The van der Waals surface area contributed by atoms with Crippen LogP contribution in [0.15, 0.2) is 36.5 Å². The minimum Gasteiger partial charge on any atom is -0.469 e. The molecule has 3 rings (SSSR count). The molecule has 6 heteroatoms. The van der Waals surface area contributed by atoms with Gasteiger partial charge in [-0.05, 0) is 31.9 Å². The highest BCUT2D eigenvalue weighted by Gasteiger charge is 2.29. The highest BCUT2D eigenvalue weighted by Crippen LogP contribution is 2.22. The number of likely N-dealkylation sites (tertiary alicyclic amines) is 1. The van der Waals surface area contributed by atoms with Crippen molar-refractivity contribution in [3.8, 4) is 5.69 Å². The zero-order chi connectivity index (χ0) is 17.1. The van der Waals surface area contributed by atoms with E-state index in [1.165, 1.54) is 7.11 Å². The van der Waals surface area contributed by atoms with Crippen LogP contribution in [-0.2, 0) is 9.53 Å². The maximum atomic E-state index is 12.8. The van der Waals surface area contributed by atoms with E-state index in [4.69, 9.17) is 4.74 Å². The molecular weight excluding hydrogens is 306 g/mol. The van der Waals surface area contributed by atoms with Gasteiger partial charge in [0.15, 0.2) is 0 Å². The minimum atomic E-state index is -0.185. The number of para-hydroxylation sites is 1. The molecule has 24 heavy (non-hydrogen) atoms. The van der Waals surface area contributed by atoms with Crippen molar-refractivity contribution in [2.45, 2.75) is 19.8 Å². The summed E-state index contributed by atoms with van der Waals surface area (Å²) in [6, 6.07) is 9.73. The first-order chi connectivity index (χ1) is 11.6. The summed E-state index contributed by atoms with van der Waals surface area (Å²) in [6.45, 7) is 3.03. The summed E-state index contributed by atoms with van der Waals surface area (Å²) in [5.41, 5.74) is 2.36. The van der Waals surface area contributed by atoms with Crippen LogP contribution < -0.4 is 0 Å². The van der Waals surface area contributed by atoms with Crippen LogP contribution in [0.2, 0.25) is 0 Å². The molecule has 1 aromatic heterocycles. The smallest absolute Gasteiger partial charge is 0.308 e. The molecule has 0 atom stereocenters. The second-order valence-corrected chi connectivity index (χ2v) is 5.98. The summed E-state index contributed by atoms with van der Waals surface area (Å²) in [6.07, 6.45) is 2.91. The number of carbonyl (C=O) groups excluding carboxylic acids is 2. The Morgan fingerprint density at radius 2 is 1.83 bits per heavy atom. The highest BCUT2D eigenvalue weighted by atomic mass is 16.5. The minimum absolute atomic E-state index is 0.0296. The number of piperidine rings is 1. The van der Waals surface area contributed by atoms with E-state index in [1.807, 2.05) is 37.3 Å². The van der Waals surface area contributed by atoms with E-state index in [-0.39, 0.29) is 17.8 Å². The van der Waals surface area contributed by atoms with Crippen molar-refractivity contribution in [1.29, 1.82) is 0 Å². The molecule has 0 saturated carbocycles. The molecule has 0 N–H and O–H groups in total. The van der Waals surface area contributed by atoms with E-state index in [2.05, 4.69) is 5.10 Å². The third-order valence-electron chi connectivity index (χ3n) is 4.56. The molecule has 0 radical (unpaired) electrons. The van der Waals surface area contributed by atoms with Crippen LogP contribution in [0.5, 0.6) is 0 Å². The number of nitrogens with zero attached hydrogens (tertiary/aromatic N) is 3. The van der Waals surface area contributed by atoms with Crippen molar-refractivity contribution in [2.24, 2.45) is 5.92 Å². The summed E-state index contributed by atoms with van der Waals surface area (Å²) in [4.78, 5) is 26.1. The SMILES string of the molecule is COC(=O)C1CCN(C(=O)c2cnn(-c3ccccc3)c2C)CC1. The van der Waals surface area contributed by atoms with E-state index in [1.54, 1.807) is 15.8 Å². The van der Waals surface area contributed by atoms with Gasteiger partial charge in [0.25, 0.3) is 5.91 Å². The molecule has 1 aromatic carbocycles. The van der Waals surface area contributed by atoms with Gasteiger partial charge in [0.2, 0.25) is 0 Å². The number of methoxy groups -OCH3 is 1. The highest BCUT2D eigenvalue weighted by molar-refractivity contribution is 5.95. The molecule has 0 unspecified atom stereocenters. The Balaban J connectivity index is 1.73. The molecule has 1 fully saturated rings. The van der Waals surface area contributed by atoms with Gasteiger partial charge in [0, 0.05) is 13.1 Å².